The van der Waals surface area contributed by atoms with Gasteiger partial charge in [-0.15, -0.1) is 11.3 Å². The SMILES string of the molecule is CNC(=O)C1(Cn2cccn2)COC(c2nccs2)N1C(=O)c1ccc(C(C)(C)C)c(OC)c1. The molecular formula is C24H29N5O4S. The molecule has 1 aliphatic rings. The zero-order valence-corrected chi connectivity index (χ0v) is 20.8. The van der Waals surface area contributed by atoms with Crippen molar-refractivity contribution in [2.45, 2.75) is 44.5 Å². The van der Waals surface area contributed by atoms with Crippen LogP contribution in [0.25, 0.3) is 0 Å². The van der Waals surface area contributed by atoms with Gasteiger partial charge in [-0.25, -0.2) is 4.98 Å². The molecule has 0 spiro atoms. The second kappa shape index (κ2) is 9.19. The lowest BCUT2D eigenvalue weighted by atomic mass is 9.85. The molecule has 1 fully saturated rings. The van der Waals surface area contributed by atoms with E-state index in [1.807, 2.05) is 11.4 Å². The van der Waals surface area contributed by atoms with Crippen molar-refractivity contribution in [2.24, 2.45) is 0 Å². The molecule has 3 heterocycles. The van der Waals surface area contributed by atoms with Gasteiger partial charge in [-0.2, -0.15) is 5.10 Å². The molecule has 2 unspecified atom stereocenters. The fourth-order valence-corrected chi connectivity index (χ4v) is 4.94. The van der Waals surface area contributed by atoms with Gasteiger partial charge in [0.2, 0.25) is 5.91 Å². The number of hydrogen-bond acceptors (Lipinski definition) is 7. The van der Waals surface area contributed by atoms with Gasteiger partial charge in [-0.3, -0.25) is 19.2 Å². The zero-order chi connectivity index (χ0) is 24.5. The van der Waals surface area contributed by atoms with Crippen molar-refractivity contribution in [3.63, 3.8) is 0 Å². The second-order valence-corrected chi connectivity index (χ2v) is 10.1. The summed E-state index contributed by atoms with van der Waals surface area (Å²) in [4.78, 5) is 33.3. The maximum atomic E-state index is 14.1. The lowest BCUT2D eigenvalue weighted by Crippen LogP contribution is -2.61. The number of benzene rings is 1. The Kier molecular flexibility index (Phi) is 6.46. The molecule has 0 radical (unpaired) electrons. The first-order chi connectivity index (χ1) is 16.2. The summed E-state index contributed by atoms with van der Waals surface area (Å²) in [5.74, 6) is -0.0808. The van der Waals surface area contributed by atoms with Crippen LogP contribution in [-0.4, -0.2) is 57.8 Å². The van der Waals surface area contributed by atoms with Crippen LogP contribution >= 0.6 is 11.3 Å². The summed E-state index contributed by atoms with van der Waals surface area (Å²) in [6, 6.07) is 7.16. The molecule has 1 N–H and O–H groups in total. The van der Waals surface area contributed by atoms with Crippen molar-refractivity contribution in [1.82, 2.24) is 25.0 Å². The summed E-state index contributed by atoms with van der Waals surface area (Å²) in [6.45, 7) is 6.38. The minimum Gasteiger partial charge on any atom is -0.496 e. The van der Waals surface area contributed by atoms with Gasteiger partial charge in [-0.1, -0.05) is 26.8 Å². The first-order valence-electron chi connectivity index (χ1n) is 10.9. The smallest absolute Gasteiger partial charge is 0.257 e. The molecular weight excluding hydrogens is 454 g/mol. The molecule has 3 aromatic rings. The van der Waals surface area contributed by atoms with E-state index in [2.05, 4.69) is 36.2 Å². The number of aromatic nitrogens is 3. The van der Waals surface area contributed by atoms with E-state index in [1.54, 1.807) is 55.6 Å². The Balaban J connectivity index is 1.83. The summed E-state index contributed by atoms with van der Waals surface area (Å²) in [5.41, 5.74) is -0.121. The molecule has 0 bridgehead atoms. The Morgan fingerprint density at radius 3 is 2.71 bits per heavy atom. The van der Waals surface area contributed by atoms with Crippen molar-refractivity contribution in [3.05, 3.63) is 64.4 Å². The number of amides is 2. The van der Waals surface area contributed by atoms with Crippen LogP contribution in [0.5, 0.6) is 5.75 Å². The maximum Gasteiger partial charge on any atom is 0.257 e. The molecule has 34 heavy (non-hydrogen) atoms. The average Bonchev–Trinajstić information content (AvgIpc) is 3.58. The number of rotatable bonds is 6. The van der Waals surface area contributed by atoms with Gasteiger partial charge in [0.05, 0.1) is 20.3 Å². The fraction of sp³-hybridized carbons (Fsp3) is 0.417. The van der Waals surface area contributed by atoms with E-state index in [0.717, 1.165) is 5.56 Å². The fourth-order valence-electron chi connectivity index (χ4n) is 4.27. The van der Waals surface area contributed by atoms with Gasteiger partial charge in [0.15, 0.2) is 11.8 Å². The van der Waals surface area contributed by atoms with Crippen LogP contribution in [0.3, 0.4) is 0 Å². The van der Waals surface area contributed by atoms with Crippen molar-refractivity contribution in [2.75, 3.05) is 20.8 Å². The van der Waals surface area contributed by atoms with Gasteiger partial charge < -0.3 is 14.8 Å². The zero-order valence-electron chi connectivity index (χ0n) is 19.9. The molecule has 180 valence electrons. The van der Waals surface area contributed by atoms with E-state index in [-0.39, 0.29) is 30.4 Å². The van der Waals surface area contributed by atoms with E-state index in [0.29, 0.717) is 16.3 Å². The minimum atomic E-state index is -1.33. The standard InChI is InChI=1S/C24H29N5O4S/c1-23(2,3)17-8-7-16(13-18(17)32-5)20(30)29-21(19-26-10-12-34-19)33-15-24(29,22(31)25-4)14-28-11-6-9-27-28/h6-13,21H,14-15H2,1-5H3,(H,25,31). The molecule has 0 saturated carbocycles. The predicted octanol–water partition coefficient (Wildman–Crippen LogP) is 3.00. The summed E-state index contributed by atoms with van der Waals surface area (Å²) in [7, 11) is 3.14. The highest BCUT2D eigenvalue weighted by atomic mass is 32.1. The highest BCUT2D eigenvalue weighted by molar-refractivity contribution is 7.09. The molecule has 10 heteroatoms. The molecule has 2 amide bonds. The lowest BCUT2D eigenvalue weighted by Gasteiger charge is -2.37. The predicted molar refractivity (Wildman–Crippen MR) is 128 cm³/mol. The van der Waals surface area contributed by atoms with Crippen molar-refractivity contribution >= 4 is 23.2 Å². The Morgan fingerprint density at radius 2 is 2.12 bits per heavy atom. The van der Waals surface area contributed by atoms with E-state index >= 15 is 0 Å². The van der Waals surface area contributed by atoms with E-state index in [4.69, 9.17) is 9.47 Å². The Morgan fingerprint density at radius 1 is 1.32 bits per heavy atom. The normalized spacial score (nSPS) is 20.4. The molecule has 2 atom stereocenters. The number of likely N-dealkylation sites (N-methyl/N-ethyl adjacent to an activating group) is 1. The molecule has 2 aromatic heterocycles. The number of carbonyl (C=O) groups is 2. The first-order valence-corrected chi connectivity index (χ1v) is 11.8. The van der Waals surface area contributed by atoms with E-state index in [9.17, 15) is 9.59 Å². The highest BCUT2D eigenvalue weighted by Gasteiger charge is 2.56. The minimum absolute atomic E-state index is 0.000268. The van der Waals surface area contributed by atoms with Gasteiger partial charge in [0.25, 0.3) is 5.91 Å². The summed E-state index contributed by atoms with van der Waals surface area (Å²) >= 11 is 1.37. The topological polar surface area (TPSA) is 98.6 Å². The third-order valence-electron chi connectivity index (χ3n) is 5.95. The highest BCUT2D eigenvalue weighted by Crippen LogP contribution is 2.41. The van der Waals surface area contributed by atoms with Crippen molar-refractivity contribution < 1.29 is 19.1 Å². The quantitative estimate of drug-likeness (QED) is 0.579. The van der Waals surface area contributed by atoms with Crippen LogP contribution in [0, 0.1) is 0 Å². The monoisotopic (exact) mass is 483 g/mol. The third kappa shape index (κ3) is 4.19. The van der Waals surface area contributed by atoms with E-state index in [1.165, 1.54) is 16.2 Å². The Bertz CT molecular complexity index is 1160. The van der Waals surface area contributed by atoms with Crippen LogP contribution in [-0.2, 0) is 21.5 Å². The Labute approximate surface area is 202 Å². The van der Waals surface area contributed by atoms with Gasteiger partial charge in [-0.05, 0) is 29.2 Å². The molecule has 1 aromatic carbocycles. The van der Waals surface area contributed by atoms with Crippen LogP contribution in [0.1, 0.15) is 47.9 Å². The van der Waals surface area contributed by atoms with Crippen molar-refractivity contribution in [1.29, 1.82) is 0 Å². The number of thiazole rings is 1. The molecule has 9 nitrogen and oxygen atoms in total. The summed E-state index contributed by atoms with van der Waals surface area (Å²) in [6.07, 6.45) is 4.23. The molecule has 1 saturated heterocycles. The first kappa shape index (κ1) is 23.9. The van der Waals surface area contributed by atoms with Crippen LogP contribution in [0.15, 0.2) is 48.2 Å². The Hall–Kier alpha value is -3.24. The summed E-state index contributed by atoms with van der Waals surface area (Å²) < 4.78 is 13.4. The molecule has 4 rings (SSSR count). The van der Waals surface area contributed by atoms with Gasteiger partial charge in [0, 0.05) is 36.6 Å². The number of carbonyl (C=O) groups excluding carboxylic acids is 2. The number of methoxy groups -OCH3 is 1. The third-order valence-corrected chi connectivity index (χ3v) is 6.75. The lowest BCUT2D eigenvalue weighted by molar-refractivity contribution is -0.131. The molecule has 0 aliphatic carbocycles. The molecule has 1 aliphatic heterocycles. The van der Waals surface area contributed by atoms with Crippen LogP contribution in [0.2, 0.25) is 0 Å². The average molecular weight is 484 g/mol. The number of nitrogens with zero attached hydrogens (tertiary/aromatic N) is 4. The maximum absolute atomic E-state index is 14.1. The number of ether oxygens (including phenoxy) is 2. The van der Waals surface area contributed by atoms with Crippen LogP contribution < -0.4 is 10.1 Å². The summed E-state index contributed by atoms with van der Waals surface area (Å²) in [5, 5.41) is 9.40. The van der Waals surface area contributed by atoms with E-state index < -0.39 is 11.8 Å². The van der Waals surface area contributed by atoms with Gasteiger partial charge in [0.1, 0.15) is 10.8 Å². The number of nitrogens with one attached hydrogen (secondary N) is 1. The largest absolute Gasteiger partial charge is 0.496 e. The van der Waals surface area contributed by atoms with Gasteiger partial charge >= 0.3 is 0 Å². The van der Waals surface area contributed by atoms with Crippen LogP contribution in [0.4, 0.5) is 0 Å². The second-order valence-electron chi connectivity index (χ2n) is 9.19. The number of hydrogen-bond donors (Lipinski definition) is 1. The van der Waals surface area contributed by atoms with Crippen molar-refractivity contribution in [3.8, 4) is 5.75 Å².